The Morgan fingerprint density at radius 1 is 0.947 bits per heavy atom. The molecule has 2 aromatic rings. The molecule has 12 heteroatoms. The van der Waals surface area contributed by atoms with E-state index in [0.717, 1.165) is 17.7 Å². The van der Waals surface area contributed by atoms with Crippen LogP contribution in [0.15, 0.2) is 36.4 Å². The highest BCUT2D eigenvalue weighted by atomic mass is 19.3. The monoisotopic (exact) mass is 543 g/mol. The summed E-state index contributed by atoms with van der Waals surface area (Å²) in [6.45, 7) is -3.03. The third-order valence-electron chi connectivity index (χ3n) is 6.00. The molecular weight excluding hydrogens is 514 g/mol. The fourth-order valence-electron chi connectivity index (χ4n) is 4.49. The molecule has 0 spiro atoms. The van der Waals surface area contributed by atoms with E-state index in [9.17, 15) is 27.2 Å². The van der Waals surface area contributed by atoms with Crippen LogP contribution in [0.25, 0.3) is 0 Å². The Morgan fingerprint density at radius 3 is 2.26 bits per heavy atom. The van der Waals surface area contributed by atoms with Crippen molar-refractivity contribution in [3.05, 3.63) is 47.5 Å². The molecule has 208 valence electrons. The Kier molecular flexibility index (Phi) is 10.0. The molecule has 8 nitrogen and oxygen atoms in total. The lowest BCUT2D eigenvalue weighted by molar-refractivity contribution is -0.148. The third-order valence-corrected chi connectivity index (χ3v) is 6.00. The number of alkyl halides is 4. The maximum absolute atomic E-state index is 13.1. The van der Waals surface area contributed by atoms with E-state index in [2.05, 4.69) is 14.8 Å². The van der Waals surface area contributed by atoms with E-state index >= 15 is 0 Å². The zero-order valence-electron chi connectivity index (χ0n) is 21.0. The Balaban J connectivity index is 1.88. The lowest BCUT2D eigenvalue weighted by Gasteiger charge is -2.36. The molecule has 38 heavy (non-hydrogen) atoms. The van der Waals surface area contributed by atoms with Gasteiger partial charge in [-0.1, -0.05) is 6.07 Å². The number of rotatable bonds is 11. The van der Waals surface area contributed by atoms with Crippen molar-refractivity contribution in [2.45, 2.75) is 64.4 Å². The second-order valence-corrected chi connectivity index (χ2v) is 8.49. The summed E-state index contributed by atoms with van der Waals surface area (Å²) in [5, 5.41) is 2.89. The van der Waals surface area contributed by atoms with E-state index in [1.165, 1.54) is 20.1 Å². The number of carbonyl (C=O) groups excluding carboxylic acids is 2. The number of carbonyl (C=O) groups is 2. The van der Waals surface area contributed by atoms with Crippen LogP contribution >= 0.6 is 0 Å². The fourth-order valence-corrected chi connectivity index (χ4v) is 4.49. The topological polar surface area (TPSA) is 92.3 Å². The first kappa shape index (κ1) is 28.9. The summed E-state index contributed by atoms with van der Waals surface area (Å²) >= 11 is 0. The molecule has 3 rings (SSSR count). The molecule has 2 aromatic carbocycles. The van der Waals surface area contributed by atoms with Crippen molar-refractivity contribution in [1.29, 1.82) is 0 Å². The number of hydrogen-bond donors (Lipinski definition) is 1. The van der Waals surface area contributed by atoms with Crippen molar-refractivity contribution in [3.8, 4) is 23.0 Å². The minimum Gasteiger partial charge on any atom is -0.493 e. The van der Waals surface area contributed by atoms with Crippen molar-refractivity contribution >= 4 is 11.9 Å². The van der Waals surface area contributed by atoms with Gasteiger partial charge < -0.3 is 29.0 Å². The Morgan fingerprint density at radius 2 is 1.63 bits per heavy atom. The molecular formula is C26H29F4NO7. The van der Waals surface area contributed by atoms with Crippen molar-refractivity contribution < 1.29 is 50.8 Å². The standard InChI is InChI=1S/C26H29F4NO7/c1-4-35-22-11-15(5-9-20(22)34-3)18-13-17(36-14(2)32)7-8-19(18)31-24(33)16-6-10-21(37-25(27)28)23(12-16)38-26(29)30/h5-6,9-12,17-19,25-26H,4,7-8,13H2,1-3H3,(H,31,33). The molecule has 1 N–H and O–H groups in total. The number of benzene rings is 2. The lowest BCUT2D eigenvalue weighted by atomic mass is 9.78. The predicted octanol–water partition coefficient (Wildman–Crippen LogP) is 5.29. The molecule has 0 bridgehead atoms. The summed E-state index contributed by atoms with van der Waals surface area (Å²) in [7, 11) is 1.52. The quantitative estimate of drug-likeness (QED) is 0.304. The van der Waals surface area contributed by atoms with Gasteiger partial charge in [-0.2, -0.15) is 17.6 Å². The summed E-state index contributed by atoms with van der Waals surface area (Å²) in [6.07, 6.45) is 0.956. The maximum Gasteiger partial charge on any atom is 0.387 e. The number of esters is 1. The second-order valence-electron chi connectivity index (χ2n) is 8.49. The third kappa shape index (κ3) is 7.65. The van der Waals surface area contributed by atoms with Gasteiger partial charge in [-0.3, -0.25) is 9.59 Å². The molecule has 0 saturated heterocycles. The summed E-state index contributed by atoms with van der Waals surface area (Å²) in [5.74, 6) is -1.64. The Hall–Kier alpha value is -3.70. The van der Waals surface area contributed by atoms with Gasteiger partial charge in [-0.05, 0) is 62.1 Å². The van der Waals surface area contributed by atoms with Gasteiger partial charge in [-0.25, -0.2) is 0 Å². The average Bonchev–Trinajstić information content (AvgIpc) is 2.85. The first-order valence-electron chi connectivity index (χ1n) is 11.9. The molecule has 1 amide bonds. The highest BCUT2D eigenvalue weighted by Crippen LogP contribution is 2.39. The van der Waals surface area contributed by atoms with Gasteiger partial charge in [-0.15, -0.1) is 0 Å². The zero-order valence-corrected chi connectivity index (χ0v) is 21.0. The number of nitrogens with one attached hydrogen (secondary N) is 1. The van der Waals surface area contributed by atoms with Crippen LogP contribution < -0.4 is 24.3 Å². The van der Waals surface area contributed by atoms with Gasteiger partial charge in [0.1, 0.15) is 6.10 Å². The minimum absolute atomic E-state index is 0.0899. The average molecular weight is 544 g/mol. The molecule has 3 atom stereocenters. The summed E-state index contributed by atoms with van der Waals surface area (Å²) in [4.78, 5) is 24.7. The molecule has 0 radical (unpaired) electrons. The van der Waals surface area contributed by atoms with Crippen LogP contribution in [0.3, 0.4) is 0 Å². The van der Waals surface area contributed by atoms with Gasteiger partial charge in [0.05, 0.1) is 13.7 Å². The number of methoxy groups -OCH3 is 1. The molecule has 1 fully saturated rings. The molecule has 0 heterocycles. The SMILES string of the molecule is CCOc1cc(C2CC(OC(C)=O)CCC2NC(=O)c2ccc(OC(F)F)c(OC(F)F)c2)ccc1OC. The Labute approximate surface area is 217 Å². The van der Waals surface area contributed by atoms with E-state index in [1.54, 1.807) is 12.1 Å². The fraction of sp³-hybridized carbons (Fsp3) is 0.462. The van der Waals surface area contributed by atoms with E-state index in [-0.39, 0.29) is 17.6 Å². The summed E-state index contributed by atoms with van der Waals surface area (Å²) < 4.78 is 75.9. The van der Waals surface area contributed by atoms with E-state index < -0.39 is 42.6 Å². The molecule has 1 saturated carbocycles. The summed E-state index contributed by atoms with van der Waals surface area (Å²) in [5.41, 5.74) is 0.715. The van der Waals surface area contributed by atoms with Crippen LogP contribution in [0.1, 0.15) is 54.9 Å². The van der Waals surface area contributed by atoms with Crippen molar-refractivity contribution in [2.24, 2.45) is 0 Å². The number of hydrogen-bond acceptors (Lipinski definition) is 7. The van der Waals surface area contributed by atoms with Crippen LogP contribution in [-0.2, 0) is 9.53 Å². The molecule has 0 aliphatic heterocycles. The van der Waals surface area contributed by atoms with Gasteiger partial charge in [0.25, 0.3) is 5.91 Å². The second kappa shape index (κ2) is 13.2. The first-order chi connectivity index (χ1) is 18.1. The van der Waals surface area contributed by atoms with E-state index in [0.29, 0.717) is 37.4 Å². The predicted molar refractivity (Wildman–Crippen MR) is 127 cm³/mol. The minimum atomic E-state index is -3.32. The number of ether oxygens (including phenoxy) is 5. The van der Waals surface area contributed by atoms with Crippen molar-refractivity contribution in [2.75, 3.05) is 13.7 Å². The summed E-state index contributed by atoms with van der Waals surface area (Å²) in [6, 6.07) is 7.98. The van der Waals surface area contributed by atoms with Gasteiger partial charge in [0.15, 0.2) is 23.0 Å². The van der Waals surface area contributed by atoms with Gasteiger partial charge in [0.2, 0.25) is 0 Å². The van der Waals surface area contributed by atoms with Crippen LogP contribution in [0.4, 0.5) is 17.6 Å². The largest absolute Gasteiger partial charge is 0.493 e. The number of amides is 1. The van der Waals surface area contributed by atoms with Crippen LogP contribution in [0, 0.1) is 0 Å². The lowest BCUT2D eigenvalue weighted by Crippen LogP contribution is -2.44. The van der Waals surface area contributed by atoms with E-state index in [4.69, 9.17) is 14.2 Å². The highest BCUT2D eigenvalue weighted by molar-refractivity contribution is 5.95. The zero-order chi connectivity index (χ0) is 27.8. The smallest absolute Gasteiger partial charge is 0.387 e. The maximum atomic E-state index is 13.1. The van der Waals surface area contributed by atoms with Crippen LogP contribution in [0.5, 0.6) is 23.0 Å². The van der Waals surface area contributed by atoms with Gasteiger partial charge in [0, 0.05) is 24.4 Å². The van der Waals surface area contributed by atoms with E-state index in [1.807, 2.05) is 13.0 Å². The van der Waals surface area contributed by atoms with Gasteiger partial charge >= 0.3 is 19.2 Å². The van der Waals surface area contributed by atoms with Crippen molar-refractivity contribution in [3.63, 3.8) is 0 Å². The van der Waals surface area contributed by atoms with Crippen LogP contribution in [-0.4, -0.2) is 51.0 Å². The Bertz CT molecular complexity index is 1110. The molecule has 3 unspecified atom stereocenters. The van der Waals surface area contributed by atoms with Crippen LogP contribution in [0.2, 0.25) is 0 Å². The molecule has 1 aliphatic rings. The highest BCUT2D eigenvalue weighted by Gasteiger charge is 2.35. The first-order valence-corrected chi connectivity index (χ1v) is 11.9. The number of halogens is 4. The van der Waals surface area contributed by atoms with Crippen molar-refractivity contribution in [1.82, 2.24) is 5.32 Å². The molecule has 0 aromatic heterocycles. The normalized spacial score (nSPS) is 19.1. The molecule has 1 aliphatic carbocycles.